The normalized spacial score (nSPS) is 12.8. The first kappa shape index (κ1) is 16.0. The predicted octanol–water partition coefficient (Wildman–Crippen LogP) is 3.79. The van der Waals surface area contributed by atoms with Crippen molar-refractivity contribution in [2.24, 2.45) is 0 Å². The third-order valence-electron chi connectivity index (χ3n) is 3.23. The second kappa shape index (κ2) is 5.16. The van der Waals surface area contributed by atoms with Crippen LogP contribution in [0.25, 0.3) is 0 Å². The Kier molecular flexibility index (Phi) is 4.35. The van der Waals surface area contributed by atoms with Crippen LogP contribution in [0.5, 0.6) is 0 Å². The minimum atomic E-state index is -3.25. The van der Waals surface area contributed by atoms with Crippen molar-refractivity contribution in [3.63, 3.8) is 0 Å². The summed E-state index contributed by atoms with van der Waals surface area (Å²) >= 11 is 0. The molecule has 108 valence electrons. The van der Waals surface area contributed by atoms with E-state index in [0.717, 1.165) is 11.1 Å². The van der Waals surface area contributed by atoms with Crippen LogP contribution in [-0.2, 0) is 15.4 Å². The fourth-order valence-corrected chi connectivity index (χ4v) is 2.69. The van der Waals surface area contributed by atoms with Crippen LogP contribution in [0.1, 0.15) is 57.2 Å². The largest absolute Gasteiger partial charge is 0.283 e. The van der Waals surface area contributed by atoms with Gasteiger partial charge in [-0.25, -0.2) is 8.42 Å². The Morgan fingerprint density at radius 3 is 2.05 bits per heavy atom. The molecule has 0 aliphatic carbocycles. The van der Waals surface area contributed by atoms with E-state index in [1.54, 1.807) is 0 Å². The van der Waals surface area contributed by atoms with Gasteiger partial charge in [-0.1, -0.05) is 40.7 Å². The molecule has 0 saturated heterocycles. The van der Waals surface area contributed by atoms with E-state index < -0.39 is 10.0 Å². The average Bonchev–Trinajstić information content (AvgIpc) is 2.16. The molecule has 0 fully saturated rings. The number of hydrogen-bond donors (Lipinski definition) is 1. The number of benzene rings is 1. The quantitative estimate of drug-likeness (QED) is 0.917. The molecular formula is C15H25NO2S. The Labute approximate surface area is 117 Å². The molecule has 0 unspecified atom stereocenters. The molecule has 0 heterocycles. The SMILES string of the molecule is Cc1c(NS(C)(=O)=O)cc(C(C)(C)C)cc1C(C)C. The molecule has 1 N–H and O–H groups in total. The maximum absolute atomic E-state index is 11.5. The third-order valence-corrected chi connectivity index (χ3v) is 3.82. The minimum Gasteiger partial charge on any atom is -0.283 e. The van der Waals surface area contributed by atoms with Gasteiger partial charge in [-0.05, 0) is 41.0 Å². The molecule has 19 heavy (non-hydrogen) atoms. The molecule has 0 aliphatic rings. The van der Waals surface area contributed by atoms with Gasteiger partial charge in [-0.2, -0.15) is 0 Å². The zero-order valence-electron chi connectivity index (χ0n) is 13.0. The molecule has 0 saturated carbocycles. The number of hydrogen-bond acceptors (Lipinski definition) is 2. The summed E-state index contributed by atoms with van der Waals surface area (Å²) in [5.41, 5.74) is 4.03. The Morgan fingerprint density at radius 2 is 1.68 bits per heavy atom. The average molecular weight is 283 g/mol. The minimum absolute atomic E-state index is 0.00866. The van der Waals surface area contributed by atoms with Gasteiger partial charge in [0.05, 0.1) is 11.9 Å². The molecule has 0 amide bonds. The van der Waals surface area contributed by atoms with Crippen molar-refractivity contribution in [3.8, 4) is 0 Å². The van der Waals surface area contributed by atoms with Crippen molar-refractivity contribution in [2.75, 3.05) is 11.0 Å². The van der Waals surface area contributed by atoms with Gasteiger partial charge >= 0.3 is 0 Å². The van der Waals surface area contributed by atoms with Gasteiger partial charge in [0.2, 0.25) is 10.0 Å². The third kappa shape index (κ3) is 4.23. The lowest BCUT2D eigenvalue weighted by Crippen LogP contribution is -2.16. The van der Waals surface area contributed by atoms with E-state index in [-0.39, 0.29) is 5.41 Å². The Bertz CT molecular complexity index is 567. The summed E-state index contributed by atoms with van der Waals surface area (Å²) in [6.45, 7) is 12.6. The zero-order valence-corrected chi connectivity index (χ0v) is 13.8. The molecule has 1 aromatic carbocycles. The molecule has 1 aromatic rings. The van der Waals surface area contributed by atoms with Crippen LogP contribution in [0.3, 0.4) is 0 Å². The number of nitrogens with one attached hydrogen (secondary N) is 1. The van der Waals surface area contributed by atoms with Gasteiger partial charge in [0.25, 0.3) is 0 Å². The van der Waals surface area contributed by atoms with Crippen LogP contribution in [0, 0.1) is 6.92 Å². The highest BCUT2D eigenvalue weighted by molar-refractivity contribution is 7.92. The standard InChI is InChI=1S/C15H25NO2S/c1-10(2)13-8-12(15(4,5)6)9-14(11(13)3)16-19(7,17)18/h8-10,16H,1-7H3. The number of sulfonamides is 1. The lowest BCUT2D eigenvalue weighted by molar-refractivity contribution is 0.588. The highest BCUT2D eigenvalue weighted by atomic mass is 32.2. The maximum atomic E-state index is 11.5. The lowest BCUT2D eigenvalue weighted by Gasteiger charge is -2.24. The summed E-state index contributed by atoms with van der Waals surface area (Å²) in [4.78, 5) is 0. The van der Waals surface area contributed by atoms with E-state index >= 15 is 0 Å². The van der Waals surface area contributed by atoms with E-state index in [1.807, 2.05) is 13.0 Å². The molecule has 0 aliphatic heterocycles. The Hall–Kier alpha value is -1.03. The van der Waals surface area contributed by atoms with Gasteiger partial charge in [0.1, 0.15) is 0 Å². The van der Waals surface area contributed by atoms with Crippen molar-refractivity contribution in [2.45, 2.75) is 52.9 Å². The summed E-state index contributed by atoms with van der Waals surface area (Å²) in [6, 6.07) is 4.13. The first-order valence-electron chi connectivity index (χ1n) is 6.54. The second-order valence-electron chi connectivity index (χ2n) is 6.52. The van der Waals surface area contributed by atoms with Crippen LogP contribution < -0.4 is 4.72 Å². The molecule has 0 spiro atoms. The molecular weight excluding hydrogens is 258 g/mol. The summed E-state index contributed by atoms with van der Waals surface area (Å²) in [6.07, 6.45) is 1.19. The van der Waals surface area contributed by atoms with Crippen LogP contribution in [0.15, 0.2) is 12.1 Å². The van der Waals surface area contributed by atoms with Crippen molar-refractivity contribution in [1.29, 1.82) is 0 Å². The smallest absolute Gasteiger partial charge is 0.229 e. The molecule has 3 nitrogen and oxygen atoms in total. The van der Waals surface area contributed by atoms with Crippen molar-refractivity contribution < 1.29 is 8.42 Å². The zero-order chi connectivity index (χ0) is 15.0. The molecule has 0 bridgehead atoms. The fraction of sp³-hybridized carbons (Fsp3) is 0.600. The van der Waals surface area contributed by atoms with Gasteiger partial charge in [-0.3, -0.25) is 4.72 Å². The summed E-state index contributed by atoms with van der Waals surface area (Å²) in [5, 5.41) is 0. The first-order chi connectivity index (χ1) is 8.42. The van der Waals surface area contributed by atoms with E-state index in [2.05, 4.69) is 45.4 Å². The van der Waals surface area contributed by atoms with Gasteiger partial charge < -0.3 is 0 Å². The van der Waals surface area contributed by atoms with Gasteiger partial charge in [-0.15, -0.1) is 0 Å². The summed E-state index contributed by atoms with van der Waals surface area (Å²) in [5.74, 6) is 0.363. The van der Waals surface area contributed by atoms with Crippen LogP contribution in [-0.4, -0.2) is 14.7 Å². The molecule has 4 heteroatoms. The molecule has 0 atom stereocenters. The van der Waals surface area contributed by atoms with Crippen molar-refractivity contribution >= 4 is 15.7 Å². The summed E-state index contributed by atoms with van der Waals surface area (Å²) < 4.78 is 25.6. The van der Waals surface area contributed by atoms with E-state index in [4.69, 9.17) is 0 Å². The van der Waals surface area contributed by atoms with Crippen LogP contribution >= 0.6 is 0 Å². The molecule has 0 radical (unpaired) electrons. The van der Waals surface area contributed by atoms with Crippen molar-refractivity contribution in [1.82, 2.24) is 0 Å². The van der Waals surface area contributed by atoms with Crippen LogP contribution in [0.4, 0.5) is 5.69 Å². The monoisotopic (exact) mass is 283 g/mol. The first-order valence-corrected chi connectivity index (χ1v) is 8.44. The highest BCUT2D eigenvalue weighted by Crippen LogP contribution is 2.33. The van der Waals surface area contributed by atoms with E-state index in [1.165, 1.54) is 11.8 Å². The Morgan fingerprint density at radius 1 is 1.16 bits per heavy atom. The number of rotatable bonds is 3. The van der Waals surface area contributed by atoms with Crippen molar-refractivity contribution in [3.05, 3.63) is 28.8 Å². The highest BCUT2D eigenvalue weighted by Gasteiger charge is 2.19. The van der Waals surface area contributed by atoms with Gasteiger partial charge in [0, 0.05) is 0 Å². The Balaban J connectivity index is 3.49. The molecule has 0 aromatic heterocycles. The number of anilines is 1. The lowest BCUT2D eigenvalue weighted by atomic mass is 9.83. The fourth-order valence-electron chi connectivity index (χ4n) is 2.08. The second-order valence-corrected chi connectivity index (χ2v) is 8.27. The van der Waals surface area contributed by atoms with Gasteiger partial charge in [0.15, 0.2) is 0 Å². The summed E-state index contributed by atoms with van der Waals surface area (Å²) in [7, 11) is -3.25. The van der Waals surface area contributed by atoms with Crippen LogP contribution in [0.2, 0.25) is 0 Å². The topological polar surface area (TPSA) is 46.2 Å². The predicted molar refractivity (Wildman–Crippen MR) is 82.4 cm³/mol. The van der Waals surface area contributed by atoms with E-state index in [0.29, 0.717) is 11.6 Å². The maximum Gasteiger partial charge on any atom is 0.229 e. The molecule has 1 rings (SSSR count). The van der Waals surface area contributed by atoms with E-state index in [9.17, 15) is 8.42 Å².